The molecule has 0 radical (unpaired) electrons. The second kappa shape index (κ2) is 7.97. The molecule has 0 amide bonds. The van der Waals surface area contributed by atoms with Crippen LogP contribution in [0, 0.1) is 11.8 Å². The average molecular weight is 394 g/mol. The molecule has 0 atom stereocenters. The van der Waals surface area contributed by atoms with Crippen molar-refractivity contribution in [2.24, 2.45) is 0 Å². The van der Waals surface area contributed by atoms with E-state index in [0.717, 1.165) is 59.7 Å². The topological polar surface area (TPSA) is 60.9 Å². The van der Waals surface area contributed by atoms with Gasteiger partial charge in [-0.15, -0.1) is 0 Å². The fourth-order valence-corrected chi connectivity index (χ4v) is 3.62. The van der Waals surface area contributed by atoms with Crippen molar-refractivity contribution in [2.45, 2.75) is 0 Å². The summed E-state index contributed by atoms with van der Waals surface area (Å²) in [6, 6.07) is 14.6. The SMILES string of the molecule is CN1CCN(c2ccc3nc(-c4ccc(C#Cc5cncnc5)cc4)[nH]c3c2)CC1. The Morgan fingerprint density at radius 2 is 1.60 bits per heavy atom. The number of piperazine rings is 1. The Kier molecular flexibility index (Phi) is 4.88. The van der Waals surface area contributed by atoms with Crippen LogP contribution in [-0.2, 0) is 0 Å². The highest BCUT2D eigenvalue weighted by atomic mass is 15.2. The molecule has 2 aromatic carbocycles. The zero-order valence-corrected chi connectivity index (χ0v) is 16.8. The molecule has 1 aliphatic rings. The second-order valence-corrected chi connectivity index (χ2v) is 7.53. The first kappa shape index (κ1) is 18.3. The summed E-state index contributed by atoms with van der Waals surface area (Å²) in [7, 11) is 2.18. The Hall–Kier alpha value is -3.69. The zero-order chi connectivity index (χ0) is 20.3. The van der Waals surface area contributed by atoms with Crippen LogP contribution in [0.4, 0.5) is 5.69 Å². The van der Waals surface area contributed by atoms with Crippen molar-refractivity contribution in [1.82, 2.24) is 24.8 Å². The van der Waals surface area contributed by atoms with E-state index in [2.05, 4.69) is 61.8 Å². The largest absolute Gasteiger partial charge is 0.369 e. The minimum absolute atomic E-state index is 0.801. The van der Waals surface area contributed by atoms with Crippen LogP contribution in [0.3, 0.4) is 0 Å². The molecule has 148 valence electrons. The van der Waals surface area contributed by atoms with Gasteiger partial charge < -0.3 is 14.8 Å². The van der Waals surface area contributed by atoms with Gasteiger partial charge in [0.15, 0.2) is 0 Å². The van der Waals surface area contributed by atoms with Crippen LogP contribution in [-0.4, -0.2) is 58.1 Å². The lowest BCUT2D eigenvalue weighted by Gasteiger charge is -2.34. The number of fused-ring (bicyclic) bond motifs is 1. The molecule has 6 nitrogen and oxygen atoms in total. The van der Waals surface area contributed by atoms with E-state index < -0.39 is 0 Å². The lowest BCUT2D eigenvalue weighted by Crippen LogP contribution is -2.44. The number of benzene rings is 2. The monoisotopic (exact) mass is 394 g/mol. The molecule has 0 saturated carbocycles. The third-order valence-corrected chi connectivity index (χ3v) is 5.40. The highest BCUT2D eigenvalue weighted by molar-refractivity contribution is 5.83. The molecule has 3 heterocycles. The second-order valence-electron chi connectivity index (χ2n) is 7.53. The van der Waals surface area contributed by atoms with Crippen molar-refractivity contribution in [3.63, 3.8) is 0 Å². The lowest BCUT2D eigenvalue weighted by atomic mass is 10.1. The molecule has 30 heavy (non-hydrogen) atoms. The number of H-pyrrole nitrogens is 1. The number of nitrogens with zero attached hydrogens (tertiary/aromatic N) is 5. The van der Waals surface area contributed by atoms with Gasteiger partial charge in [-0.2, -0.15) is 0 Å². The van der Waals surface area contributed by atoms with Crippen LogP contribution in [0.15, 0.2) is 61.2 Å². The number of nitrogens with one attached hydrogen (secondary N) is 1. The Bertz CT molecular complexity index is 1210. The summed E-state index contributed by atoms with van der Waals surface area (Å²) < 4.78 is 0. The summed E-state index contributed by atoms with van der Waals surface area (Å²) >= 11 is 0. The minimum atomic E-state index is 0.801. The fourth-order valence-electron chi connectivity index (χ4n) is 3.62. The number of imidazole rings is 1. The Morgan fingerprint density at radius 3 is 2.37 bits per heavy atom. The van der Waals surface area contributed by atoms with E-state index in [1.54, 1.807) is 12.4 Å². The highest BCUT2D eigenvalue weighted by Gasteiger charge is 2.15. The molecule has 0 aliphatic carbocycles. The summed E-state index contributed by atoms with van der Waals surface area (Å²) in [6.07, 6.45) is 4.92. The van der Waals surface area contributed by atoms with E-state index in [4.69, 9.17) is 4.98 Å². The number of aromatic amines is 1. The van der Waals surface area contributed by atoms with Gasteiger partial charge in [-0.1, -0.05) is 24.0 Å². The van der Waals surface area contributed by atoms with Crippen LogP contribution in [0.5, 0.6) is 0 Å². The van der Waals surface area contributed by atoms with Crippen molar-refractivity contribution < 1.29 is 0 Å². The lowest BCUT2D eigenvalue weighted by molar-refractivity contribution is 0.313. The third kappa shape index (κ3) is 3.88. The molecule has 2 aromatic heterocycles. The van der Waals surface area contributed by atoms with E-state index in [9.17, 15) is 0 Å². The van der Waals surface area contributed by atoms with Crippen molar-refractivity contribution in [3.8, 4) is 23.2 Å². The molecule has 5 rings (SSSR count). The Labute approximate surface area is 175 Å². The van der Waals surface area contributed by atoms with Crippen LogP contribution in [0.1, 0.15) is 11.1 Å². The Balaban J connectivity index is 1.36. The molecule has 1 aliphatic heterocycles. The van der Waals surface area contributed by atoms with Gasteiger partial charge >= 0.3 is 0 Å². The Morgan fingerprint density at radius 1 is 0.867 bits per heavy atom. The number of anilines is 1. The van der Waals surface area contributed by atoms with E-state index in [-0.39, 0.29) is 0 Å². The highest BCUT2D eigenvalue weighted by Crippen LogP contribution is 2.25. The van der Waals surface area contributed by atoms with Crippen molar-refractivity contribution in [3.05, 3.63) is 72.3 Å². The van der Waals surface area contributed by atoms with Gasteiger partial charge in [-0.25, -0.2) is 15.0 Å². The smallest absolute Gasteiger partial charge is 0.138 e. The third-order valence-electron chi connectivity index (χ3n) is 5.40. The van der Waals surface area contributed by atoms with Crippen molar-refractivity contribution in [2.75, 3.05) is 38.1 Å². The van der Waals surface area contributed by atoms with Crippen LogP contribution in [0.2, 0.25) is 0 Å². The first-order valence-corrected chi connectivity index (χ1v) is 10.1. The number of aromatic nitrogens is 4. The van der Waals surface area contributed by atoms with Crippen LogP contribution in [0.25, 0.3) is 22.4 Å². The molecule has 1 N–H and O–H groups in total. The summed E-state index contributed by atoms with van der Waals surface area (Å²) in [5.41, 5.74) is 6.08. The van der Waals surface area contributed by atoms with E-state index in [1.165, 1.54) is 12.0 Å². The average Bonchev–Trinajstić information content (AvgIpc) is 3.23. The summed E-state index contributed by atoms with van der Waals surface area (Å²) in [4.78, 5) is 21.0. The number of likely N-dealkylation sites (N-methyl/N-ethyl adjacent to an activating group) is 1. The van der Waals surface area contributed by atoms with Gasteiger partial charge in [-0.05, 0) is 37.4 Å². The predicted octanol–water partition coefficient (Wildman–Crippen LogP) is 3.17. The van der Waals surface area contributed by atoms with Crippen LogP contribution >= 0.6 is 0 Å². The summed E-state index contributed by atoms with van der Waals surface area (Å²) in [6.45, 7) is 4.30. The number of hydrogen-bond donors (Lipinski definition) is 1. The van der Waals surface area contributed by atoms with Gasteiger partial charge in [0.2, 0.25) is 0 Å². The molecule has 0 spiro atoms. The van der Waals surface area contributed by atoms with E-state index in [1.807, 2.05) is 24.3 Å². The van der Waals surface area contributed by atoms with E-state index in [0.29, 0.717) is 0 Å². The molecule has 1 fully saturated rings. The molecule has 0 bridgehead atoms. The molecular formula is C24H22N6. The maximum absolute atomic E-state index is 4.77. The standard InChI is InChI=1S/C24H22N6/c1-29-10-12-30(13-11-29)21-8-9-22-23(14-21)28-24(27-22)20-6-4-18(5-7-20)2-3-19-15-25-17-26-16-19/h4-9,14-17H,10-13H2,1H3,(H,27,28). The maximum atomic E-state index is 4.77. The summed E-state index contributed by atoms with van der Waals surface area (Å²) in [5, 5.41) is 0. The first-order valence-electron chi connectivity index (χ1n) is 10.1. The van der Waals surface area contributed by atoms with Gasteiger partial charge in [-0.3, -0.25) is 0 Å². The molecule has 0 unspecified atom stereocenters. The number of hydrogen-bond acceptors (Lipinski definition) is 5. The van der Waals surface area contributed by atoms with Crippen LogP contribution < -0.4 is 4.90 Å². The van der Waals surface area contributed by atoms with Gasteiger partial charge in [0.1, 0.15) is 12.2 Å². The first-order chi connectivity index (χ1) is 14.7. The minimum Gasteiger partial charge on any atom is -0.369 e. The normalized spacial score (nSPS) is 14.5. The predicted molar refractivity (Wildman–Crippen MR) is 119 cm³/mol. The zero-order valence-electron chi connectivity index (χ0n) is 16.8. The molecule has 1 saturated heterocycles. The van der Waals surface area contributed by atoms with Crippen molar-refractivity contribution in [1.29, 1.82) is 0 Å². The number of rotatable bonds is 2. The molecule has 4 aromatic rings. The maximum Gasteiger partial charge on any atom is 0.138 e. The fraction of sp³-hybridized carbons (Fsp3) is 0.208. The summed E-state index contributed by atoms with van der Waals surface area (Å²) in [5.74, 6) is 7.09. The van der Waals surface area contributed by atoms with Gasteiger partial charge in [0, 0.05) is 55.4 Å². The molecular weight excluding hydrogens is 372 g/mol. The molecule has 6 heteroatoms. The van der Waals surface area contributed by atoms with Gasteiger partial charge in [0.05, 0.1) is 16.6 Å². The van der Waals surface area contributed by atoms with Crippen molar-refractivity contribution >= 4 is 16.7 Å². The quantitative estimate of drug-likeness (QED) is 0.529. The van der Waals surface area contributed by atoms with E-state index >= 15 is 0 Å². The van der Waals surface area contributed by atoms with Gasteiger partial charge in [0.25, 0.3) is 0 Å².